The summed E-state index contributed by atoms with van der Waals surface area (Å²) >= 11 is 0. The van der Waals surface area contributed by atoms with Gasteiger partial charge in [0.05, 0.1) is 12.9 Å². The Bertz CT molecular complexity index is 948. The van der Waals surface area contributed by atoms with Crippen LogP contribution in [0.5, 0.6) is 0 Å². The summed E-state index contributed by atoms with van der Waals surface area (Å²) in [6, 6.07) is 4.26. The van der Waals surface area contributed by atoms with E-state index in [1.807, 2.05) is 12.3 Å². The molecule has 0 aliphatic heterocycles. The van der Waals surface area contributed by atoms with Crippen LogP contribution < -0.4 is 0 Å². The molecule has 2 aromatic rings. The molecule has 2 aromatic heterocycles. The third-order valence-electron chi connectivity index (χ3n) is 6.20. The molecule has 23 heavy (non-hydrogen) atoms. The summed E-state index contributed by atoms with van der Waals surface area (Å²) in [4.78, 5) is 8.16. The molecule has 6 rings (SSSR count). The monoisotopic (exact) mass is 302 g/mol. The lowest BCUT2D eigenvalue weighted by molar-refractivity contribution is 0.263. The lowest BCUT2D eigenvalue weighted by Gasteiger charge is -2.24. The van der Waals surface area contributed by atoms with Crippen molar-refractivity contribution in [2.45, 2.75) is 18.8 Å². The number of allylic oxidation sites excluding steroid dienone is 6. The number of ether oxygens (including phenoxy) is 1. The minimum absolute atomic E-state index is 0.146. The molecule has 4 atom stereocenters. The van der Waals surface area contributed by atoms with Gasteiger partial charge in [-0.15, -0.1) is 0 Å². The van der Waals surface area contributed by atoms with Gasteiger partial charge in [-0.3, -0.25) is 0 Å². The number of methoxy groups -OCH3 is 1. The average Bonchev–Trinajstić information content (AvgIpc) is 3.48. The summed E-state index contributed by atoms with van der Waals surface area (Å²) in [5.41, 5.74) is 5.54. The number of pyridine rings is 1. The second-order valence-corrected chi connectivity index (χ2v) is 7.33. The molecule has 1 N–H and O–H groups in total. The fourth-order valence-corrected chi connectivity index (χ4v) is 4.87. The Labute approximate surface area is 134 Å². The Morgan fingerprint density at radius 1 is 1.39 bits per heavy atom. The van der Waals surface area contributed by atoms with Gasteiger partial charge in [0.1, 0.15) is 5.65 Å². The highest BCUT2D eigenvalue weighted by Gasteiger charge is 2.61. The van der Waals surface area contributed by atoms with Crippen LogP contribution in [0.15, 0.2) is 48.4 Å². The zero-order chi connectivity index (χ0) is 15.2. The molecule has 2 heterocycles. The molecule has 4 aliphatic carbocycles. The number of aromatic amines is 1. The van der Waals surface area contributed by atoms with E-state index in [9.17, 15) is 0 Å². The van der Waals surface area contributed by atoms with Crippen LogP contribution in [0.2, 0.25) is 0 Å². The van der Waals surface area contributed by atoms with E-state index in [0.29, 0.717) is 17.8 Å². The van der Waals surface area contributed by atoms with Crippen molar-refractivity contribution in [1.29, 1.82) is 0 Å². The number of nitrogens with zero attached hydrogens (tertiary/aromatic N) is 1. The summed E-state index contributed by atoms with van der Waals surface area (Å²) in [5.74, 6) is 3.03. The molecule has 3 nitrogen and oxygen atoms in total. The van der Waals surface area contributed by atoms with Crippen molar-refractivity contribution >= 4 is 16.6 Å². The molecule has 114 valence electrons. The zero-order valence-corrected chi connectivity index (χ0v) is 13.0. The first-order chi connectivity index (χ1) is 11.3. The van der Waals surface area contributed by atoms with Gasteiger partial charge < -0.3 is 9.72 Å². The molecule has 0 radical (unpaired) electrons. The Balaban J connectivity index is 1.58. The Morgan fingerprint density at radius 3 is 3.26 bits per heavy atom. The van der Waals surface area contributed by atoms with E-state index in [1.165, 1.54) is 35.1 Å². The van der Waals surface area contributed by atoms with Gasteiger partial charge in [0, 0.05) is 40.1 Å². The van der Waals surface area contributed by atoms with Crippen molar-refractivity contribution in [3.05, 3.63) is 59.7 Å². The standard InChI is InChI=1S/C20H18N2O/c1-23-16-5-2-6-20(10-15(16)20)14-9-11-8-13(11)18-17(14)12-4-3-7-21-19(12)22-18/h2-7,9,11,13,15H,8,10H2,1H3,(H,21,22). The molecule has 2 fully saturated rings. The minimum atomic E-state index is 0.146. The molecule has 3 heteroatoms. The van der Waals surface area contributed by atoms with Gasteiger partial charge in [0.15, 0.2) is 0 Å². The number of fused-ring (bicyclic) bond motifs is 6. The topological polar surface area (TPSA) is 37.9 Å². The molecule has 4 unspecified atom stereocenters. The second kappa shape index (κ2) is 3.78. The van der Waals surface area contributed by atoms with E-state index in [4.69, 9.17) is 4.74 Å². The molecule has 2 saturated carbocycles. The van der Waals surface area contributed by atoms with Crippen molar-refractivity contribution in [2.75, 3.05) is 7.11 Å². The van der Waals surface area contributed by atoms with E-state index in [0.717, 1.165) is 11.4 Å². The van der Waals surface area contributed by atoms with Gasteiger partial charge in [-0.25, -0.2) is 4.98 Å². The lowest BCUT2D eigenvalue weighted by atomic mass is 9.80. The molecule has 0 spiro atoms. The zero-order valence-electron chi connectivity index (χ0n) is 13.0. The number of hydrogen-bond acceptors (Lipinski definition) is 2. The maximum Gasteiger partial charge on any atom is 0.138 e. The van der Waals surface area contributed by atoms with Crippen LogP contribution in [0.25, 0.3) is 16.6 Å². The highest BCUT2D eigenvalue weighted by atomic mass is 16.5. The predicted molar refractivity (Wildman–Crippen MR) is 89.7 cm³/mol. The van der Waals surface area contributed by atoms with Crippen molar-refractivity contribution in [2.24, 2.45) is 17.3 Å². The van der Waals surface area contributed by atoms with E-state index in [2.05, 4.69) is 40.3 Å². The van der Waals surface area contributed by atoms with E-state index < -0.39 is 0 Å². The fourth-order valence-electron chi connectivity index (χ4n) is 4.87. The number of rotatable bonds is 2. The Morgan fingerprint density at radius 2 is 2.35 bits per heavy atom. The molecule has 4 aliphatic rings. The van der Waals surface area contributed by atoms with Crippen LogP contribution in [0.4, 0.5) is 0 Å². The highest BCUT2D eigenvalue weighted by Crippen LogP contribution is 2.70. The summed E-state index contributed by atoms with van der Waals surface area (Å²) in [6.45, 7) is 0. The lowest BCUT2D eigenvalue weighted by Crippen LogP contribution is -2.12. The van der Waals surface area contributed by atoms with Gasteiger partial charge in [-0.2, -0.15) is 0 Å². The first-order valence-corrected chi connectivity index (χ1v) is 8.44. The predicted octanol–water partition coefficient (Wildman–Crippen LogP) is 4.17. The average molecular weight is 302 g/mol. The van der Waals surface area contributed by atoms with E-state index >= 15 is 0 Å². The Kier molecular flexibility index (Phi) is 2.00. The van der Waals surface area contributed by atoms with Gasteiger partial charge in [-0.05, 0) is 42.5 Å². The van der Waals surface area contributed by atoms with Crippen LogP contribution in [0.1, 0.15) is 30.0 Å². The van der Waals surface area contributed by atoms with Crippen LogP contribution in [0, 0.1) is 17.3 Å². The number of nitrogens with one attached hydrogen (secondary N) is 1. The largest absolute Gasteiger partial charge is 0.501 e. The quantitative estimate of drug-likeness (QED) is 0.904. The second-order valence-electron chi connectivity index (χ2n) is 7.33. The van der Waals surface area contributed by atoms with Crippen LogP contribution in [-0.2, 0) is 4.74 Å². The first-order valence-electron chi connectivity index (χ1n) is 8.44. The van der Waals surface area contributed by atoms with Gasteiger partial charge in [0.2, 0.25) is 0 Å². The van der Waals surface area contributed by atoms with Crippen molar-refractivity contribution in [3.63, 3.8) is 0 Å². The van der Waals surface area contributed by atoms with Crippen LogP contribution >= 0.6 is 0 Å². The molecule has 0 bridgehead atoms. The van der Waals surface area contributed by atoms with Gasteiger partial charge >= 0.3 is 0 Å². The highest BCUT2D eigenvalue weighted by molar-refractivity contribution is 5.97. The molecule has 0 amide bonds. The minimum Gasteiger partial charge on any atom is -0.501 e. The third-order valence-corrected chi connectivity index (χ3v) is 6.20. The maximum absolute atomic E-state index is 5.62. The SMILES string of the molecule is COC1=CC=CC2(C3=CC4CC4c4[nH]c5ncccc5c43)CC12. The maximum atomic E-state index is 5.62. The summed E-state index contributed by atoms with van der Waals surface area (Å²) < 4.78 is 5.62. The van der Waals surface area contributed by atoms with Gasteiger partial charge in [0.25, 0.3) is 0 Å². The van der Waals surface area contributed by atoms with E-state index in [-0.39, 0.29) is 5.41 Å². The molecular weight excluding hydrogens is 284 g/mol. The number of aromatic nitrogens is 2. The van der Waals surface area contributed by atoms with Gasteiger partial charge in [-0.1, -0.05) is 18.2 Å². The van der Waals surface area contributed by atoms with Crippen LogP contribution in [0.3, 0.4) is 0 Å². The van der Waals surface area contributed by atoms with E-state index in [1.54, 1.807) is 7.11 Å². The molecule has 0 saturated heterocycles. The van der Waals surface area contributed by atoms with Crippen molar-refractivity contribution < 1.29 is 4.74 Å². The third kappa shape index (κ3) is 1.39. The Hall–Kier alpha value is -2.29. The first kappa shape index (κ1) is 12.2. The fraction of sp³-hybridized carbons (Fsp3) is 0.350. The molecular formula is C20H18N2O. The summed E-state index contributed by atoms with van der Waals surface area (Å²) in [5, 5.41) is 1.28. The van der Waals surface area contributed by atoms with Crippen LogP contribution in [-0.4, -0.2) is 17.1 Å². The summed E-state index contributed by atoms with van der Waals surface area (Å²) in [7, 11) is 1.79. The number of hydrogen-bond donors (Lipinski definition) is 1. The van der Waals surface area contributed by atoms with Crippen molar-refractivity contribution in [1.82, 2.24) is 9.97 Å². The normalized spacial score (nSPS) is 35.8. The van der Waals surface area contributed by atoms with Crippen molar-refractivity contribution in [3.8, 4) is 0 Å². The summed E-state index contributed by atoms with van der Waals surface area (Å²) in [6.07, 6.45) is 13.6. The number of H-pyrrole nitrogens is 1. The smallest absolute Gasteiger partial charge is 0.138 e. The molecule has 0 aromatic carbocycles.